The fourth-order valence-electron chi connectivity index (χ4n) is 3.96. The van der Waals surface area contributed by atoms with E-state index in [1.54, 1.807) is 0 Å². The lowest BCUT2D eigenvalue weighted by Crippen LogP contribution is -2.40. The average molecular weight is 411 g/mol. The number of hydrogen-bond acceptors (Lipinski definition) is 4. The van der Waals surface area contributed by atoms with Crippen LogP contribution in [0.5, 0.6) is 5.75 Å². The molecule has 1 atom stereocenters. The van der Waals surface area contributed by atoms with Gasteiger partial charge in [0, 0.05) is 13.1 Å². The van der Waals surface area contributed by atoms with Gasteiger partial charge in [-0.25, -0.2) is 0 Å². The van der Waals surface area contributed by atoms with E-state index in [1.807, 2.05) is 37.3 Å². The molecule has 2 aromatic carbocycles. The zero-order chi connectivity index (χ0) is 21.4. The smallest absolute Gasteiger partial charge is 0.234 e. The van der Waals surface area contributed by atoms with Crippen molar-refractivity contribution in [3.63, 3.8) is 0 Å². The maximum atomic E-state index is 12.3. The fourth-order valence-corrected chi connectivity index (χ4v) is 3.96. The minimum absolute atomic E-state index is 0.0444. The standard InChI is InChI=1S/C25H34N2O3/c1-20-9-10-23(21(2)17-20)30-19-25(29)12-6-15-27(16-13-25)18-24(28)26-14-11-22-7-4-3-5-8-22/h3-5,7-10,17,29H,6,11-16,18-19H2,1-2H3,(H,26,28)/t25-/m1/s1. The topological polar surface area (TPSA) is 61.8 Å². The second-order valence-corrected chi connectivity index (χ2v) is 8.50. The molecule has 2 aromatic rings. The lowest BCUT2D eigenvalue weighted by atomic mass is 9.96. The van der Waals surface area contributed by atoms with Gasteiger partial charge < -0.3 is 15.2 Å². The van der Waals surface area contributed by atoms with E-state index in [4.69, 9.17) is 4.74 Å². The van der Waals surface area contributed by atoms with Crippen LogP contribution in [0.1, 0.15) is 36.0 Å². The van der Waals surface area contributed by atoms with E-state index in [1.165, 1.54) is 11.1 Å². The maximum Gasteiger partial charge on any atom is 0.234 e. The molecule has 0 saturated carbocycles. The molecule has 5 heteroatoms. The van der Waals surface area contributed by atoms with Crippen molar-refractivity contribution in [2.75, 3.05) is 32.8 Å². The molecular weight excluding hydrogens is 376 g/mol. The van der Waals surface area contributed by atoms with Crippen molar-refractivity contribution in [2.24, 2.45) is 0 Å². The first-order chi connectivity index (χ1) is 14.4. The van der Waals surface area contributed by atoms with E-state index < -0.39 is 5.60 Å². The summed E-state index contributed by atoms with van der Waals surface area (Å²) in [6.07, 6.45) is 2.98. The van der Waals surface area contributed by atoms with E-state index in [0.717, 1.165) is 30.7 Å². The predicted octanol–water partition coefficient (Wildman–Crippen LogP) is 3.26. The average Bonchev–Trinajstić information content (AvgIpc) is 2.90. The molecule has 0 aromatic heterocycles. The molecule has 1 saturated heterocycles. The second kappa shape index (κ2) is 10.6. The number of nitrogens with zero attached hydrogens (tertiary/aromatic N) is 1. The minimum atomic E-state index is -0.851. The summed E-state index contributed by atoms with van der Waals surface area (Å²) in [4.78, 5) is 14.4. The Morgan fingerprint density at radius 2 is 1.93 bits per heavy atom. The molecular formula is C25H34N2O3. The molecule has 0 aliphatic carbocycles. The van der Waals surface area contributed by atoms with Crippen LogP contribution in [0, 0.1) is 13.8 Å². The van der Waals surface area contributed by atoms with Crippen molar-refractivity contribution in [3.05, 3.63) is 65.2 Å². The Kier molecular flexibility index (Phi) is 7.88. The summed E-state index contributed by atoms with van der Waals surface area (Å²) in [7, 11) is 0. The van der Waals surface area contributed by atoms with Crippen LogP contribution in [0.15, 0.2) is 48.5 Å². The van der Waals surface area contributed by atoms with Gasteiger partial charge in [-0.05, 0) is 63.3 Å². The molecule has 0 spiro atoms. The van der Waals surface area contributed by atoms with E-state index in [0.29, 0.717) is 32.5 Å². The molecule has 0 radical (unpaired) electrons. The Morgan fingerprint density at radius 3 is 2.70 bits per heavy atom. The third-order valence-corrected chi connectivity index (χ3v) is 5.78. The molecule has 2 N–H and O–H groups in total. The van der Waals surface area contributed by atoms with Crippen molar-refractivity contribution in [3.8, 4) is 5.75 Å². The van der Waals surface area contributed by atoms with E-state index >= 15 is 0 Å². The van der Waals surface area contributed by atoms with Gasteiger partial charge in [0.2, 0.25) is 5.91 Å². The molecule has 30 heavy (non-hydrogen) atoms. The number of likely N-dealkylation sites (tertiary alicyclic amines) is 1. The van der Waals surface area contributed by atoms with Gasteiger partial charge in [-0.15, -0.1) is 0 Å². The summed E-state index contributed by atoms with van der Waals surface area (Å²) in [6, 6.07) is 16.2. The number of benzene rings is 2. The number of aliphatic hydroxyl groups is 1. The van der Waals surface area contributed by atoms with Crippen LogP contribution >= 0.6 is 0 Å². The highest BCUT2D eigenvalue weighted by atomic mass is 16.5. The lowest BCUT2D eigenvalue weighted by Gasteiger charge is -2.27. The van der Waals surface area contributed by atoms with E-state index in [2.05, 4.69) is 35.3 Å². The van der Waals surface area contributed by atoms with E-state index in [-0.39, 0.29) is 12.5 Å². The number of rotatable bonds is 8. The highest BCUT2D eigenvalue weighted by molar-refractivity contribution is 5.78. The SMILES string of the molecule is Cc1ccc(OC[C@@]2(O)CCCN(CC(=O)NCCc3ccccc3)CC2)c(C)c1. The zero-order valence-electron chi connectivity index (χ0n) is 18.2. The first-order valence-corrected chi connectivity index (χ1v) is 10.9. The zero-order valence-corrected chi connectivity index (χ0v) is 18.2. The van der Waals surface area contributed by atoms with Crippen LogP contribution in [-0.4, -0.2) is 54.3 Å². The van der Waals surface area contributed by atoms with Crippen LogP contribution in [0.4, 0.5) is 0 Å². The summed E-state index contributed by atoms with van der Waals surface area (Å²) < 4.78 is 5.95. The number of carbonyl (C=O) groups excluding carboxylic acids is 1. The van der Waals surface area contributed by atoms with Gasteiger partial charge in [0.15, 0.2) is 0 Å². The van der Waals surface area contributed by atoms with E-state index in [9.17, 15) is 9.90 Å². The highest BCUT2D eigenvalue weighted by Gasteiger charge is 2.31. The molecule has 1 amide bonds. The maximum absolute atomic E-state index is 12.3. The quantitative estimate of drug-likeness (QED) is 0.701. The number of ether oxygens (including phenoxy) is 1. The molecule has 5 nitrogen and oxygen atoms in total. The first-order valence-electron chi connectivity index (χ1n) is 10.9. The van der Waals surface area contributed by atoms with Crippen LogP contribution < -0.4 is 10.1 Å². The van der Waals surface area contributed by atoms with Gasteiger partial charge in [0.25, 0.3) is 0 Å². The number of hydrogen-bond donors (Lipinski definition) is 2. The first kappa shape index (κ1) is 22.3. The Balaban J connectivity index is 1.41. The largest absolute Gasteiger partial charge is 0.490 e. The summed E-state index contributed by atoms with van der Waals surface area (Å²) in [5.41, 5.74) is 2.66. The molecule has 0 bridgehead atoms. The third kappa shape index (κ3) is 6.85. The van der Waals surface area contributed by atoms with Gasteiger partial charge in [-0.2, -0.15) is 0 Å². The third-order valence-electron chi connectivity index (χ3n) is 5.78. The molecule has 1 aliphatic heterocycles. The Bertz CT molecular complexity index is 824. The van der Waals surface area contributed by atoms with Crippen molar-refractivity contribution in [1.82, 2.24) is 10.2 Å². The summed E-state index contributed by atoms with van der Waals surface area (Å²) in [5, 5.41) is 14.0. The number of carbonyl (C=O) groups is 1. The van der Waals surface area contributed by atoms with Gasteiger partial charge >= 0.3 is 0 Å². The molecule has 0 unspecified atom stereocenters. The highest BCUT2D eigenvalue weighted by Crippen LogP contribution is 2.25. The van der Waals surface area contributed by atoms with Gasteiger partial charge in [0.05, 0.1) is 12.1 Å². The minimum Gasteiger partial charge on any atom is -0.490 e. The number of aryl methyl sites for hydroxylation is 2. The van der Waals surface area contributed by atoms with Gasteiger partial charge in [0.1, 0.15) is 12.4 Å². The Hall–Kier alpha value is -2.37. The van der Waals surface area contributed by atoms with Crippen molar-refractivity contribution < 1.29 is 14.6 Å². The molecule has 162 valence electrons. The monoisotopic (exact) mass is 410 g/mol. The van der Waals surface area contributed by atoms with Gasteiger partial charge in [-0.1, -0.05) is 48.0 Å². The fraction of sp³-hybridized carbons (Fsp3) is 0.480. The van der Waals surface area contributed by atoms with Crippen LogP contribution in [0.2, 0.25) is 0 Å². The van der Waals surface area contributed by atoms with Gasteiger partial charge in [-0.3, -0.25) is 9.69 Å². The van der Waals surface area contributed by atoms with Crippen molar-refractivity contribution in [2.45, 2.75) is 45.1 Å². The molecule has 3 rings (SSSR count). The second-order valence-electron chi connectivity index (χ2n) is 8.50. The predicted molar refractivity (Wildman–Crippen MR) is 120 cm³/mol. The molecule has 1 fully saturated rings. The lowest BCUT2D eigenvalue weighted by molar-refractivity contribution is -0.122. The number of amides is 1. The summed E-state index contributed by atoms with van der Waals surface area (Å²) in [6.45, 7) is 6.90. The van der Waals surface area contributed by atoms with Crippen molar-refractivity contribution >= 4 is 5.91 Å². The van der Waals surface area contributed by atoms with Crippen molar-refractivity contribution in [1.29, 1.82) is 0 Å². The van der Waals surface area contributed by atoms with Crippen LogP contribution in [-0.2, 0) is 11.2 Å². The van der Waals surface area contributed by atoms with Crippen LogP contribution in [0.25, 0.3) is 0 Å². The van der Waals surface area contributed by atoms with Crippen LogP contribution in [0.3, 0.4) is 0 Å². The molecule has 1 heterocycles. The number of nitrogens with one attached hydrogen (secondary N) is 1. The summed E-state index contributed by atoms with van der Waals surface area (Å²) >= 11 is 0. The Labute approximate surface area is 180 Å². The molecule has 1 aliphatic rings. The normalized spacial score (nSPS) is 19.8. The summed E-state index contributed by atoms with van der Waals surface area (Å²) in [5.74, 6) is 0.871. The Morgan fingerprint density at radius 1 is 1.13 bits per heavy atom.